The van der Waals surface area contributed by atoms with Crippen LogP contribution in [0.25, 0.3) is 6.08 Å². The van der Waals surface area contributed by atoms with E-state index in [2.05, 4.69) is 21.2 Å². The summed E-state index contributed by atoms with van der Waals surface area (Å²) in [6, 6.07) is 21.3. The van der Waals surface area contributed by atoms with E-state index in [4.69, 9.17) is 4.74 Å². The highest BCUT2D eigenvalue weighted by molar-refractivity contribution is 9.10. The number of amides is 4. The molecule has 1 saturated heterocycles. The number of anilines is 1. The van der Waals surface area contributed by atoms with Gasteiger partial charge in [-0.1, -0.05) is 54.6 Å². The van der Waals surface area contributed by atoms with E-state index in [1.807, 2.05) is 36.4 Å². The van der Waals surface area contributed by atoms with E-state index < -0.39 is 17.8 Å². The maximum Gasteiger partial charge on any atom is 0.335 e. The summed E-state index contributed by atoms with van der Waals surface area (Å²) in [6.07, 6.45) is 1.46. The van der Waals surface area contributed by atoms with Crippen LogP contribution < -0.4 is 15.0 Å². The Bertz CT molecular complexity index is 1240. The molecule has 3 aromatic rings. The fourth-order valence-electron chi connectivity index (χ4n) is 3.32. The van der Waals surface area contributed by atoms with Gasteiger partial charge in [0.15, 0.2) is 0 Å². The normalized spacial score (nSPS) is 15.1. The van der Waals surface area contributed by atoms with E-state index in [-0.39, 0.29) is 5.57 Å². The topological polar surface area (TPSA) is 75.7 Å². The highest BCUT2D eigenvalue weighted by atomic mass is 79.9. The number of halogens is 1. The van der Waals surface area contributed by atoms with Gasteiger partial charge in [-0.05, 0) is 63.8 Å². The Labute approximate surface area is 193 Å². The molecule has 3 aromatic carbocycles. The summed E-state index contributed by atoms with van der Waals surface area (Å²) in [7, 11) is 0. The van der Waals surface area contributed by atoms with Gasteiger partial charge in [-0.15, -0.1) is 0 Å². The van der Waals surface area contributed by atoms with Crippen LogP contribution in [0.4, 0.5) is 10.5 Å². The highest BCUT2D eigenvalue weighted by Gasteiger charge is 2.37. The maximum atomic E-state index is 13.1. The first kappa shape index (κ1) is 21.5. The number of nitrogens with one attached hydrogen (secondary N) is 1. The van der Waals surface area contributed by atoms with Gasteiger partial charge in [0, 0.05) is 0 Å². The third-order valence-electron chi connectivity index (χ3n) is 4.96. The Morgan fingerprint density at radius 3 is 2.41 bits per heavy atom. The molecule has 0 atom stereocenters. The minimum atomic E-state index is -0.766. The molecule has 0 aliphatic carbocycles. The summed E-state index contributed by atoms with van der Waals surface area (Å²) in [4.78, 5) is 38.8. The maximum absolute atomic E-state index is 13.1. The molecule has 0 saturated carbocycles. The van der Waals surface area contributed by atoms with Gasteiger partial charge in [0.25, 0.3) is 11.8 Å². The van der Waals surface area contributed by atoms with Crippen LogP contribution in [-0.4, -0.2) is 17.8 Å². The number of ether oxygens (including phenoxy) is 1. The first-order valence-electron chi connectivity index (χ1n) is 9.87. The molecule has 1 aliphatic heterocycles. The van der Waals surface area contributed by atoms with Crippen molar-refractivity contribution in [3.8, 4) is 5.75 Å². The van der Waals surface area contributed by atoms with Crippen LogP contribution in [0.3, 0.4) is 0 Å². The average molecular weight is 491 g/mol. The predicted octanol–water partition coefficient (Wildman–Crippen LogP) is 5.00. The van der Waals surface area contributed by atoms with Gasteiger partial charge in [-0.2, -0.15) is 0 Å². The minimum Gasteiger partial charge on any atom is -0.488 e. The Kier molecular flexibility index (Phi) is 6.18. The van der Waals surface area contributed by atoms with Crippen molar-refractivity contribution in [3.63, 3.8) is 0 Å². The number of carbonyl (C=O) groups excluding carboxylic acids is 3. The molecule has 32 heavy (non-hydrogen) atoms. The molecule has 4 rings (SSSR count). The van der Waals surface area contributed by atoms with Crippen molar-refractivity contribution in [1.29, 1.82) is 0 Å². The number of para-hydroxylation sites is 1. The van der Waals surface area contributed by atoms with E-state index in [9.17, 15) is 14.4 Å². The third-order valence-corrected chi connectivity index (χ3v) is 5.58. The van der Waals surface area contributed by atoms with Gasteiger partial charge in [-0.25, -0.2) is 9.69 Å². The first-order chi connectivity index (χ1) is 15.4. The standard InChI is InChI=1S/C25H19BrN2O4/c1-16-7-5-6-10-21(16)28-24(30)19(23(29)27-25(28)31)13-18-11-12-22(20(26)14-18)32-15-17-8-3-2-4-9-17/h2-14H,15H2,1H3,(H,27,29,31)/b19-13+. The molecule has 7 heteroatoms. The molecule has 6 nitrogen and oxygen atoms in total. The molecule has 0 bridgehead atoms. The molecule has 4 amide bonds. The lowest BCUT2D eigenvalue weighted by molar-refractivity contribution is -0.122. The van der Waals surface area contributed by atoms with Crippen LogP contribution in [0.1, 0.15) is 16.7 Å². The molecule has 0 spiro atoms. The highest BCUT2D eigenvalue weighted by Crippen LogP contribution is 2.29. The van der Waals surface area contributed by atoms with Gasteiger partial charge in [0.1, 0.15) is 17.9 Å². The second kappa shape index (κ2) is 9.20. The second-order valence-corrected chi connectivity index (χ2v) is 8.06. The zero-order valence-corrected chi connectivity index (χ0v) is 18.8. The Morgan fingerprint density at radius 2 is 1.69 bits per heavy atom. The third kappa shape index (κ3) is 4.48. The van der Waals surface area contributed by atoms with Gasteiger partial charge < -0.3 is 4.74 Å². The van der Waals surface area contributed by atoms with Crippen LogP contribution in [0.5, 0.6) is 5.75 Å². The number of nitrogens with zero attached hydrogens (tertiary/aromatic N) is 1. The van der Waals surface area contributed by atoms with Gasteiger partial charge >= 0.3 is 6.03 Å². The zero-order valence-electron chi connectivity index (χ0n) is 17.2. The first-order valence-corrected chi connectivity index (χ1v) is 10.7. The van der Waals surface area contributed by atoms with Crippen LogP contribution in [0, 0.1) is 6.92 Å². The molecule has 160 valence electrons. The van der Waals surface area contributed by atoms with E-state index in [0.717, 1.165) is 16.0 Å². The molecule has 0 radical (unpaired) electrons. The van der Waals surface area contributed by atoms with Crippen molar-refractivity contribution >= 4 is 45.5 Å². The number of hydrogen-bond donors (Lipinski definition) is 1. The number of imide groups is 2. The number of benzene rings is 3. The number of urea groups is 1. The van der Waals surface area contributed by atoms with Gasteiger partial charge in [0.05, 0.1) is 10.2 Å². The van der Waals surface area contributed by atoms with E-state index in [1.165, 1.54) is 6.08 Å². The van der Waals surface area contributed by atoms with Crippen LogP contribution in [0.15, 0.2) is 82.8 Å². The SMILES string of the molecule is Cc1ccccc1N1C(=O)NC(=O)/C(=C\c2ccc(OCc3ccccc3)c(Br)c2)C1=O. The number of aryl methyl sites for hydroxylation is 1. The largest absolute Gasteiger partial charge is 0.488 e. The second-order valence-electron chi connectivity index (χ2n) is 7.21. The molecule has 1 fully saturated rings. The lowest BCUT2D eigenvalue weighted by atomic mass is 10.1. The summed E-state index contributed by atoms with van der Waals surface area (Å²) < 4.78 is 6.52. The minimum absolute atomic E-state index is 0.127. The van der Waals surface area contributed by atoms with Crippen LogP contribution in [-0.2, 0) is 16.2 Å². The molecule has 0 aromatic heterocycles. The summed E-state index contributed by atoms with van der Waals surface area (Å²) in [5.74, 6) is -0.772. The van der Waals surface area contributed by atoms with Gasteiger partial charge in [-0.3, -0.25) is 14.9 Å². The quantitative estimate of drug-likeness (QED) is 0.403. The van der Waals surface area contributed by atoms with Crippen molar-refractivity contribution in [2.75, 3.05) is 4.90 Å². The number of barbiturate groups is 1. The number of rotatable bonds is 5. The number of hydrogen-bond acceptors (Lipinski definition) is 4. The fourth-order valence-corrected chi connectivity index (χ4v) is 3.83. The predicted molar refractivity (Wildman–Crippen MR) is 125 cm³/mol. The number of carbonyl (C=O) groups is 3. The van der Waals surface area contributed by atoms with Crippen LogP contribution in [0.2, 0.25) is 0 Å². The molecule has 0 unspecified atom stereocenters. The smallest absolute Gasteiger partial charge is 0.335 e. The Hall–Kier alpha value is -3.71. The fraction of sp³-hybridized carbons (Fsp3) is 0.0800. The van der Waals surface area contributed by atoms with Crippen LogP contribution >= 0.6 is 15.9 Å². The average Bonchev–Trinajstić information content (AvgIpc) is 2.78. The summed E-state index contributed by atoms with van der Waals surface area (Å²) in [5, 5.41) is 2.24. The molecular weight excluding hydrogens is 472 g/mol. The Morgan fingerprint density at radius 1 is 0.969 bits per heavy atom. The van der Waals surface area contributed by atoms with Crippen molar-refractivity contribution in [2.45, 2.75) is 13.5 Å². The van der Waals surface area contributed by atoms with Crippen molar-refractivity contribution in [2.24, 2.45) is 0 Å². The van der Waals surface area contributed by atoms with E-state index >= 15 is 0 Å². The lowest BCUT2D eigenvalue weighted by Crippen LogP contribution is -2.54. The van der Waals surface area contributed by atoms with Gasteiger partial charge in [0.2, 0.25) is 0 Å². The molecule has 1 aliphatic rings. The summed E-state index contributed by atoms with van der Waals surface area (Å²) in [6.45, 7) is 2.20. The zero-order chi connectivity index (χ0) is 22.7. The monoisotopic (exact) mass is 490 g/mol. The molecule has 1 heterocycles. The van der Waals surface area contributed by atoms with E-state index in [0.29, 0.717) is 28.1 Å². The van der Waals surface area contributed by atoms with Crippen molar-refractivity contribution in [3.05, 3.63) is 99.5 Å². The summed E-state index contributed by atoms with van der Waals surface area (Å²) >= 11 is 3.48. The Balaban J connectivity index is 1.58. The molecular formula is C25H19BrN2O4. The summed E-state index contributed by atoms with van der Waals surface area (Å²) in [5.41, 5.74) is 2.70. The van der Waals surface area contributed by atoms with E-state index in [1.54, 1.807) is 43.3 Å². The molecule has 1 N–H and O–H groups in total. The van der Waals surface area contributed by atoms with Crippen molar-refractivity contribution < 1.29 is 19.1 Å². The lowest BCUT2D eigenvalue weighted by Gasteiger charge is -2.27. The van der Waals surface area contributed by atoms with Crippen molar-refractivity contribution in [1.82, 2.24) is 5.32 Å².